The van der Waals surface area contributed by atoms with Crippen LogP contribution >= 0.6 is 23.1 Å². The number of carbonyl (C=O) groups excluding carboxylic acids is 1. The number of rotatable bonds is 2. The Bertz CT molecular complexity index is 625. The van der Waals surface area contributed by atoms with Gasteiger partial charge in [0.25, 0.3) is 5.91 Å². The molecule has 1 amide bonds. The van der Waals surface area contributed by atoms with Gasteiger partial charge in [0.15, 0.2) is 5.17 Å². The van der Waals surface area contributed by atoms with E-state index >= 15 is 0 Å². The first-order valence-corrected chi connectivity index (χ1v) is 7.34. The fraction of sp³-hybridized carbons (Fsp3) is 0.182. The van der Waals surface area contributed by atoms with Crippen LogP contribution in [0.2, 0.25) is 0 Å². The van der Waals surface area contributed by atoms with Crippen LogP contribution in [-0.2, 0) is 0 Å². The van der Waals surface area contributed by atoms with Crippen molar-refractivity contribution in [2.75, 3.05) is 12.3 Å². The molecule has 3 heterocycles. The summed E-state index contributed by atoms with van der Waals surface area (Å²) < 4.78 is 0. The van der Waals surface area contributed by atoms with Gasteiger partial charge in [0.05, 0.1) is 18.9 Å². The number of hydrogen-bond acceptors (Lipinski definition) is 7. The standard InChI is InChI=1S/C11H9N5OS2/c17-9(16-11-14-3-4-18-11)8-6-15-10(19-8)7-5-12-1-2-13-7/h1-2,5-6H,3-4H2,(H,14,16,17). The maximum absolute atomic E-state index is 12.0. The van der Waals surface area contributed by atoms with Crippen LogP contribution < -0.4 is 5.32 Å². The van der Waals surface area contributed by atoms with Crippen molar-refractivity contribution in [3.05, 3.63) is 29.7 Å². The first-order chi connectivity index (χ1) is 9.33. The first kappa shape index (κ1) is 12.2. The molecule has 1 aliphatic rings. The van der Waals surface area contributed by atoms with Crippen molar-refractivity contribution in [3.8, 4) is 10.7 Å². The molecule has 2 aromatic heterocycles. The lowest BCUT2D eigenvalue weighted by molar-refractivity contribution is 0.0981. The van der Waals surface area contributed by atoms with Crippen LogP contribution in [0.4, 0.5) is 0 Å². The van der Waals surface area contributed by atoms with Gasteiger partial charge in [0, 0.05) is 18.1 Å². The molecule has 0 aromatic carbocycles. The quantitative estimate of drug-likeness (QED) is 0.905. The van der Waals surface area contributed by atoms with E-state index in [9.17, 15) is 4.79 Å². The molecular formula is C11H9N5OS2. The van der Waals surface area contributed by atoms with E-state index in [-0.39, 0.29) is 5.91 Å². The summed E-state index contributed by atoms with van der Waals surface area (Å²) in [5.41, 5.74) is 0.666. The Morgan fingerprint density at radius 2 is 2.21 bits per heavy atom. The highest BCUT2D eigenvalue weighted by Gasteiger charge is 2.16. The molecule has 8 heteroatoms. The molecule has 0 saturated heterocycles. The lowest BCUT2D eigenvalue weighted by Gasteiger charge is -1.99. The summed E-state index contributed by atoms with van der Waals surface area (Å²) in [5, 5.41) is 4.13. The SMILES string of the molecule is O=C(NC1=NCCS1)c1cnc(-c2cnccn2)s1. The van der Waals surface area contributed by atoms with Gasteiger partial charge in [-0.15, -0.1) is 11.3 Å². The molecule has 1 N–H and O–H groups in total. The summed E-state index contributed by atoms with van der Waals surface area (Å²) in [6.45, 7) is 0.758. The highest BCUT2D eigenvalue weighted by atomic mass is 32.2. The second-order valence-electron chi connectivity index (χ2n) is 3.61. The normalized spacial score (nSPS) is 14.2. The maximum Gasteiger partial charge on any atom is 0.268 e. The van der Waals surface area contributed by atoms with Gasteiger partial charge in [-0.2, -0.15) is 0 Å². The second kappa shape index (κ2) is 5.45. The van der Waals surface area contributed by atoms with Gasteiger partial charge in [-0.05, 0) is 0 Å². The fourth-order valence-corrected chi connectivity index (χ4v) is 2.97. The van der Waals surface area contributed by atoms with Gasteiger partial charge in [-0.25, -0.2) is 4.98 Å². The molecule has 0 aliphatic carbocycles. The molecule has 2 aromatic rings. The third-order valence-electron chi connectivity index (χ3n) is 2.32. The van der Waals surface area contributed by atoms with E-state index in [2.05, 4.69) is 25.3 Å². The number of carbonyl (C=O) groups is 1. The molecule has 96 valence electrons. The van der Waals surface area contributed by atoms with E-state index in [1.165, 1.54) is 11.3 Å². The van der Waals surface area contributed by atoms with Crippen LogP contribution in [0.25, 0.3) is 10.7 Å². The number of thioether (sulfide) groups is 1. The van der Waals surface area contributed by atoms with Crippen LogP contribution in [0.1, 0.15) is 9.67 Å². The molecule has 0 spiro atoms. The lowest BCUT2D eigenvalue weighted by atomic mass is 10.5. The van der Waals surface area contributed by atoms with Crippen molar-refractivity contribution < 1.29 is 4.79 Å². The van der Waals surface area contributed by atoms with Crippen molar-refractivity contribution in [3.63, 3.8) is 0 Å². The van der Waals surface area contributed by atoms with Crippen LogP contribution in [0, 0.1) is 0 Å². The minimum atomic E-state index is -0.180. The number of amidine groups is 1. The minimum Gasteiger partial charge on any atom is -0.301 e. The average Bonchev–Trinajstić information content (AvgIpc) is 3.10. The van der Waals surface area contributed by atoms with E-state index in [1.54, 1.807) is 36.5 Å². The number of thiazole rings is 1. The Labute approximate surface area is 117 Å². The summed E-state index contributed by atoms with van der Waals surface area (Å²) in [4.78, 5) is 29.0. The fourth-order valence-electron chi connectivity index (χ4n) is 1.48. The van der Waals surface area contributed by atoms with Gasteiger partial charge >= 0.3 is 0 Å². The van der Waals surface area contributed by atoms with Crippen molar-refractivity contribution in [1.29, 1.82) is 0 Å². The Hall–Kier alpha value is -1.80. The summed E-state index contributed by atoms with van der Waals surface area (Å²) in [5.74, 6) is 0.740. The number of aromatic nitrogens is 3. The zero-order valence-corrected chi connectivity index (χ0v) is 11.4. The third-order valence-corrected chi connectivity index (χ3v) is 4.23. The Balaban J connectivity index is 1.76. The number of amides is 1. The van der Waals surface area contributed by atoms with Gasteiger partial charge in [0.2, 0.25) is 0 Å². The Morgan fingerprint density at radius 1 is 1.26 bits per heavy atom. The minimum absolute atomic E-state index is 0.180. The number of hydrogen-bond donors (Lipinski definition) is 1. The predicted molar refractivity (Wildman–Crippen MR) is 75.4 cm³/mol. The van der Waals surface area contributed by atoms with E-state index in [0.717, 1.165) is 12.3 Å². The summed E-state index contributed by atoms with van der Waals surface area (Å²) >= 11 is 2.84. The average molecular weight is 291 g/mol. The van der Waals surface area contributed by atoms with Gasteiger partial charge < -0.3 is 5.32 Å². The molecular weight excluding hydrogens is 282 g/mol. The highest BCUT2D eigenvalue weighted by molar-refractivity contribution is 8.14. The second-order valence-corrected chi connectivity index (χ2v) is 5.72. The van der Waals surface area contributed by atoms with Crippen molar-refractivity contribution in [1.82, 2.24) is 20.3 Å². The number of nitrogens with zero attached hydrogens (tertiary/aromatic N) is 4. The topological polar surface area (TPSA) is 80.1 Å². The third kappa shape index (κ3) is 2.79. The predicted octanol–water partition coefficient (Wildman–Crippen LogP) is 1.43. The summed E-state index contributed by atoms with van der Waals surface area (Å²) in [6.07, 6.45) is 6.36. The molecule has 3 rings (SSSR count). The molecule has 0 saturated carbocycles. The molecule has 0 fully saturated rings. The summed E-state index contributed by atoms with van der Waals surface area (Å²) in [6, 6.07) is 0. The van der Waals surface area contributed by atoms with Crippen LogP contribution in [0.5, 0.6) is 0 Å². The van der Waals surface area contributed by atoms with Crippen LogP contribution in [-0.4, -0.2) is 38.3 Å². The molecule has 0 unspecified atom stereocenters. The van der Waals surface area contributed by atoms with E-state index < -0.39 is 0 Å². The zero-order valence-electron chi connectivity index (χ0n) is 9.74. The largest absolute Gasteiger partial charge is 0.301 e. The molecule has 0 radical (unpaired) electrons. The number of aliphatic imine (C=N–C) groups is 1. The van der Waals surface area contributed by atoms with Gasteiger partial charge in [-0.3, -0.25) is 19.8 Å². The van der Waals surface area contributed by atoms with Crippen LogP contribution in [0.3, 0.4) is 0 Å². The lowest BCUT2D eigenvalue weighted by Crippen LogP contribution is -2.26. The van der Waals surface area contributed by atoms with Crippen molar-refractivity contribution >= 4 is 34.2 Å². The monoisotopic (exact) mass is 291 g/mol. The Morgan fingerprint density at radius 3 is 2.95 bits per heavy atom. The molecule has 19 heavy (non-hydrogen) atoms. The molecule has 0 atom stereocenters. The zero-order chi connectivity index (χ0) is 13.1. The van der Waals surface area contributed by atoms with Crippen LogP contribution in [0.15, 0.2) is 29.8 Å². The molecule has 6 nitrogen and oxygen atoms in total. The first-order valence-electron chi connectivity index (χ1n) is 5.54. The van der Waals surface area contributed by atoms with E-state index in [4.69, 9.17) is 0 Å². The molecule has 1 aliphatic heterocycles. The van der Waals surface area contributed by atoms with Crippen molar-refractivity contribution in [2.45, 2.75) is 0 Å². The van der Waals surface area contributed by atoms with Gasteiger partial charge in [-0.1, -0.05) is 11.8 Å². The van der Waals surface area contributed by atoms with Gasteiger partial charge in [0.1, 0.15) is 15.6 Å². The summed E-state index contributed by atoms with van der Waals surface area (Å²) in [7, 11) is 0. The van der Waals surface area contributed by atoms with E-state index in [0.29, 0.717) is 20.7 Å². The van der Waals surface area contributed by atoms with E-state index in [1.807, 2.05) is 0 Å². The molecule has 0 bridgehead atoms. The number of nitrogens with one attached hydrogen (secondary N) is 1. The maximum atomic E-state index is 12.0. The smallest absolute Gasteiger partial charge is 0.268 e. The highest BCUT2D eigenvalue weighted by Crippen LogP contribution is 2.22. The van der Waals surface area contributed by atoms with Crippen molar-refractivity contribution in [2.24, 2.45) is 4.99 Å². The Kier molecular flexibility index (Phi) is 3.51.